The van der Waals surface area contributed by atoms with Gasteiger partial charge in [0.2, 0.25) is 5.12 Å². The van der Waals surface area contributed by atoms with Gasteiger partial charge >= 0.3 is 5.97 Å². The Balaban J connectivity index is 0.000000181. The van der Waals surface area contributed by atoms with Gasteiger partial charge in [-0.3, -0.25) is 47.9 Å². The molecule has 0 bridgehead atoms. The predicted octanol–water partition coefficient (Wildman–Crippen LogP) is 28.6. The second-order valence-corrected chi connectivity index (χ2v) is 49.0. The van der Waals surface area contributed by atoms with Crippen LogP contribution in [0.15, 0.2) is 130 Å². The van der Waals surface area contributed by atoms with Crippen molar-refractivity contribution in [3.63, 3.8) is 0 Å². The molecule has 18 atom stereocenters. The van der Waals surface area contributed by atoms with Crippen LogP contribution in [0.2, 0.25) is 0 Å². The number of Topliss-reactive ketones (excluding diaryl/α,β-unsaturated/α-hetero) is 9. The van der Waals surface area contributed by atoms with Crippen molar-refractivity contribution in [3.05, 3.63) is 163 Å². The van der Waals surface area contributed by atoms with Gasteiger partial charge in [-0.25, -0.2) is 4.79 Å². The first-order valence-electron chi connectivity index (χ1n) is 48.3. The molecule has 18 rings (SSSR count). The number of hydrogen-bond donors (Lipinski definition) is 0. The van der Waals surface area contributed by atoms with E-state index in [1.54, 1.807) is 73.7 Å². The molecule has 2 aliphatic heterocycles. The average molecular weight is 1940 g/mol. The van der Waals surface area contributed by atoms with Crippen molar-refractivity contribution < 1.29 is 57.5 Å². The summed E-state index contributed by atoms with van der Waals surface area (Å²) in [5.74, 6) is 10.00. The number of cyclic esters (lactones) is 1. The molecule has 0 radical (unpaired) electrons. The molecule has 1 aromatic heterocycles. The van der Waals surface area contributed by atoms with E-state index in [1.165, 1.54) is 110 Å². The van der Waals surface area contributed by atoms with Crippen LogP contribution < -0.4 is 0 Å². The number of thioether (sulfide) groups is 1. The zero-order valence-corrected chi connectivity index (χ0v) is 89.9. The molecule has 3 aromatic carbocycles. The van der Waals surface area contributed by atoms with Crippen LogP contribution in [-0.4, -0.2) is 79.8 Å². The third kappa shape index (κ3) is 24.9. The van der Waals surface area contributed by atoms with Crippen LogP contribution in [0.25, 0.3) is 0 Å². The fourth-order valence-corrected chi connectivity index (χ4v) is 27.7. The number of halogens is 5. The van der Waals surface area contributed by atoms with Crippen LogP contribution in [0.5, 0.6) is 0 Å². The highest BCUT2D eigenvalue weighted by molar-refractivity contribution is 8.14. The SMILES string of the molecule is CC.CC(=O)C1C(C#CCl)C1(C)C.CC(=O)C1C(C)C1(C)C.CC(=O)C1C(C=C(Cl)Cl)C12CCC2.CC(=O)C1C(C=C2CCOC2=O)C1(C)C.CC(=O)C1C(C=C2CCSC2=O)C1(C)C.CC(=O)C1C(c2ccc(C)cc2)C1(C)C.CC(=O)C1C(c2ccc(C)cc2)C1(Cl)Cl.CC(=O)C1C(c2cccs2)C1(C)C.CC1(c2ccccc2)CC1.CCCC1(C)C(C(C)=O)C12CCCC2. The van der Waals surface area contributed by atoms with Gasteiger partial charge in [-0.2, -0.15) is 0 Å². The van der Waals surface area contributed by atoms with E-state index in [0.29, 0.717) is 97.8 Å². The molecule has 12 nitrogen and oxygen atoms in total. The summed E-state index contributed by atoms with van der Waals surface area (Å²) in [7, 11) is 0. The standard InChI is InChI=1S/C14H18O.C13H22O.C12H12Cl2O.C12H16O3.C12H16O2S.C11H14OS.C10H12Cl2O.C10H12.C9H11ClO.C8H14O.C2H6/c1-9-5-7-11(8-6-9)13-12(10(2)15)14(13,3)4;1-4-7-12(3)11(10(2)14)13(12)8-5-6-9-13;1-7-3-5-9(6-4-7)11-10(8(2)15)12(11,13)14;2*1-7(13)10-9(12(10,2)3)6-8-4-5-15-11(8)14;1-7(12)9-10(11(9,2)3)8-5-4-6-13-8;1-6(13)9-7(5-8(11)12)10(9)3-2-4-10;1-10(7-8-10)9-5-3-2-4-6-9;1-6(11)8-7(4-5-10)9(8,2)3;1-5-7(6(2)9)8(5,3)4;1-2/h5-8,12-13H,1-4H3;11H,4-9H2,1-3H3;3-6,10-11H,1-2H3;2*6,9-10H,4-5H2,1-3H3;4-6,9-10H,1-3H3;5,7,9H,2-4H2,1H3;2-6H,7-8H2,1H3;7-8H,1-3H3;5,7H,1-4H3;1-2H3. The summed E-state index contributed by atoms with van der Waals surface area (Å²) in [6, 6.07) is 31.5. The number of carbonyl (C=O) groups excluding carboxylic acids is 11. The lowest BCUT2D eigenvalue weighted by molar-refractivity contribution is -0.135. The molecule has 18 unspecified atom stereocenters. The van der Waals surface area contributed by atoms with E-state index in [2.05, 4.69) is 193 Å². The number of carbonyl (C=O) groups is 11. The Hall–Kier alpha value is -5.89. The number of hydrogen-bond acceptors (Lipinski definition) is 14. The number of thiophene rings is 1. The van der Waals surface area contributed by atoms with Gasteiger partial charge in [0, 0.05) is 98.7 Å². The molecule has 14 fully saturated rings. The maximum atomic E-state index is 11.7. The second-order valence-electron chi connectivity index (χ2n) is 44.4. The van der Waals surface area contributed by atoms with Crippen LogP contribution in [-0.2, 0) is 62.9 Å². The molecule has 132 heavy (non-hydrogen) atoms. The molecule has 3 heterocycles. The number of allylic oxidation sites excluding steroid dienone is 3. The van der Waals surface area contributed by atoms with Crippen molar-refractivity contribution in [2.24, 2.45) is 132 Å². The van der Waals surface area contributed by atoms with E-state index in [1.807, 2.05) is 71.0 Å². The highest BCUT2D eigenvalue weighted by atomic mass is 35.5. The molecule has 12 aliphatic carbocycles. The number of alkyl halides is 2. The lowest BCUT2D eigenvalue weighted by Gasteiger charge is -2.27. The van der Waals surface area contributed by atoms with Gasteiger partial charge in [-0.15, -0.1) is 34.5 Å². The highest BCUT2D eigenvalue weighted by Gasteiger charge is 2.75. The molecule has 0 N–H and O–H groups in total. The molecule has 2 spiro atoms. The molecule has 0 amide bonds. The molecular formula is C113H153Cl5O12S2. The molecule has 14 aliphatic rings. The number of benzene rings is 3. The van der Waals surface area contributed by atoms with Crippen molar-refractivity contribution in [3.8, 4) is 11.3 Å². The van der Waals surface area contributed by atoms with Crippen LogP contribution in [0.4, 0.5) is 0 Å². The van der Waals surface area contributed by atoms with Gasteiger partial charge in [0.05, 0.1) is 12.5 Å². The van der Waals surface area contributed by atoms with E-state index < -0.39 is 4.33 Å². The van der Waals surface area contributed by atoms with E-state index in [4.69, 9.17) is 62.7 Å². The van der Waals surface area contributed by atoms with Crippen molar-refractivity contribution in [1.29, 1.82) is 0 Å². The fraction of sp³-hybridized carbons (Fsp3) is 0.637. The Labute approximate surface area is 825 Å². The minimum absolute atomic E-state index is 0.0156. The van der Waals surface area contributed by atoms with Crippen LogP contribution in [0.1, 0.15) is 321 Å². The van der Waals surface area contributed by atoms with Gasteiger partial charge in [0.25, 0.3) is 0 Å². The molecule has 2 saturated heterocycles. The van der Waals surface area contributed by atoms with Crippen LogP contribution in [0.3, 0.4) is 0 Å². The predicted molar refractivity (Wildman–Crippen MR) is 545 cm³/mol. The number of esters is 1. The monoisotopic (exact) mass is 1940 g/mol. The quantitative estimate of drug-likeness (QED) is 0.0395. The number of rotatable bonds is 18. The summed E-state index contributed by atoms with van der Waals surface area (Å²) in [5.41, 5.74) is 10.4. The largest absolute Gasteiger partial charge is 0.462 e. The topological polar surface area (TPSA) is 197 Å². The van der Waals surface area contributed by atoms with Gasteiger partial charge in [0.1, 0.15) is 60.9 Å². The summed E-state index contributed by atoms with van der Waals surface area (Å²) in [6.45, 7) is 58.2. The van der Waals surface area contributed by atoms with Gasteiger partial charge in [-0.1, -0.05) is 299 Å². The molecule has 19 heteroatoms. The maximum Gasteiger partial charge on any atom is 0.333 e. The highest BCUT2D eigenvalue weighted by Crippen LogP contribution is 2.78. The first kappa shape index (κ1) is 111. The Kier molecular flexibility index (Phi) is 36.8. The summed E-state index contributed by atoms with van der Waals surface area (Å²) in [6.07, 6.45) is 21.5. The summed E-state index contributed by atoms with van der Waals surface area (Å²) in [5, 5.41) is 4.63. The lowest BCUT2D eigenvalue weighted by Crippen LogP contribution is -2.18. The average Bonchev–Trinajstić information content (AvgIpc) is 1.49. The first-order chi connectivity index (χ1) is 61.3. The smallest absolute Gasteiger partial charge is 0.333 e. The van der Waals surface area contributed by atoms with Gasteiger partial charge in [0.15, 0.2) is 0 Å². The number of ether oxygens (including phenoxy) is 1. The van der Waals surface area contributed by atoms with Crippen LogP contribution >= 0.6 is 81.1 Å². The number of aryl methyl sites for hydroxylation is 2. The van der Waals surface area contributed by atoms with Gasteiger partial charge < -0.3 is 4.74 Å². The fourth-order valence-electron chi connectivity index (χ4n) is 24.4. The van der Waals surface area contributed by atoms with Crippen molar-refractivity contribution in [2.45, 2.75) is 312 Å². The van der Waals surface area contributed by atoms with Crippen LogP contribution in [0, 0.1) is 157 Å². The third-order valence-electron chi connectivity index (χ3n) is 33.2. The molecule has 724 valence electrons. The third-order valence-corrected chi connectivity index (χ3v) is 36.4. The summed E-state index contributed by atoms with van der Waals surface area (Å²) < 4.78 is 4.27. The molecular weight excluding hydrogens is 1790 g/mol. The Morgan fingerprint density at radius 3 is 1.23 bits per heavy atom. The Morgan fingerprint density at radius 1 is 0.477 bits per heavy atom. The van der Waals surface area contributed by atoms with E-state index in [9.17, 15) is 52.7 Å². The normalized spacial score (nSPS) is 31.6. The zero-order chi connectivity index (χ0) is 99.4. The van der Waals surface area contributed by atoms with E-state index in [-0.39, 0.29) is 138 Å². The van der Waals surface area contributed by atoms with Gasteiger partial charge in [-0.05, 0) is 257 Å². The van der Waals surface area contributed by atoms with Crippen molar-refractivity contribution in [1.82, 2.24) is 0 Å². The lowest BCUT2D eigenvalue weighted by atomic mass is 9.78. The van der Waals surface area contributed by atoms with Crippen molar-refractivity contribution >= 4 is 144 Å². The van der Waals surface area contributed by atoms with E-state index in [0.717, 1.165) is 28.9 Å². The number of ketones is 9. The summed E-state index contributed by atoms with van der Waals surface area (Å²) in [4.78, 5) is 126. The Bertz CT molecular complexity index is 4860. The minimum Gasteiger partial charge on any atom is -0.462 e. The first-order valence-corrected chi connectivity index (χ1v) is 52.1. The second kappa shape index (κ2) is 43.7. The minimum atomic E-state index is -0.902. The summed E-state index contributed by atoms with van der Waals surface area (Å²) >= 11 is 31.8. The zero-order valence-electron chi connectivity index (χ0n) is 84.5. The van der Waals surface area contributed by atoms with Crippen molar-refractivity contribution in [2.75, 3.05) is 12.4 Å². The Morgan fingerprint density at radius 2 is 0.924 bits per heavy atom. The molecule has 4 aromatic rings. The molecule has 12 saturated carbocycles. The maximum absolute atomic E-state index is 11.7. The van der Waals surface area contributed by atoms with E-state index >= 15 is 0 Å².